The summed E-state index contributed by atoms with van der Waals surface area (Å²) < 4.78 is 11.3. The van der Waals surface area contributed by atoms with Crippen molar-refractivity contribution in [2.45, 2.75) is 45.1 Å². The van der Waals surface area contributed by atoms with E-state index in [0.29, 0.717) is 18.6 Å². The number of ether oxygens (including phenoxy) is 2. The Kier molecular flexibility index (Phi) is 9.50. The molecule has 0 aromatic carbocycles. The van der Waals surface area contributed by atoms with Gasteiger partial charge in [-0.15, -0.1) is 0 Å². The fraction of sp³-hybridized carbons (Fsp3) is 0.905. The molecular weight excluding hydrogens is 370 g/mol. The molecule has 0 aromatic rings. The highest BCUT2D eigenvalue weighted by Crippen LogP contribution is 2.11. The molecule has 0 unspecified atom stereocenters. The van der Waals surface area contributed by atoms with Crippen molar-refractivity contribution in [1.82, 2.24) is 20.0 Å². The van der Waals surface area contributed by atoms with Gasteiger partial charge in [0.25, 0.3) is 0 Å². The van der Waals surface area contributed by atoms with Crippen LogP contribution in [0, 0.1) is 0 Å². The molecule has 0 bridgehead atoms. The Labute approximate surface area is 175 Å². The van der Waals surface area contributed by atoms with Crippen LogP contribution in [0.3, 0.4) is 0 Å². The minimum absolute atomic E-state index is 0.293. The lowest BCUT2D eigenvalue weighted by Gasteiger charge is -2.36. The maximum absolute atomic E-state index is 12.4. The van der Waals surface area contributed by atoms with Crippen molar-refractivity contribution in [3.05, 3.63) is 0 Å². The average Bonchev–Trinajstić information content (AvgIpc) is 3.29. The Morgan fingerprint density at radius 2 is 1.79 bits per heavy atom. The first-order valence-electron chi connectivity index (χ1n) is 11.5. The first-order valence-corrected chi connectivity index (χ1v) is 11.5. The third kappa shape index (κ3) is 7.42. The summed E-state index contributed by atoms with van der Waals surface area (Å²) in [4.78, 5) is 23.8. The van der Waals surface area contributed by atoms with Crippen molar-refractivity contribution >= 4 is 11.9 Å². The predicted octanol–water partition coefficient (Wildman–Crippen LogP) is 0.778. The lowest BCUT2D eigenvalue weighted by molar-refractivity contribution is -0.131. The molecule has 0 radical (unpaired) electrons. The summed E-state index contributed by atoms with van der Waals surface area (Å²) in [6, 6.07) is 0. The molecule has 0 aromatic heterocycles. The number of piperazine rings is 1. The standard InChI is InChI=1S/C21H39N5O3/c1-2-22-21(23-8-5-15-29-19-6-16-28-17-7-19)26-13-11-24(12-14-26)18-20(27)25-9-3-4-10-25/h19H,2-18H2,1H3,(H,22,23). The molecule has 0 atom stereocenters. The molecule has 166 valence electrons. The fourth-order valence-electron chi connectivity index (χ4n) is 4.14. The zero-order valence-corrected chi connectivity index (χ0v) is 18.1. The third-order valence-corrected chi connectivity index (χ3v) is 5.91. The normalized spacial score (nSPS) is 22.3. The van der Waals surface area contributed by atoms with E-state index in [1.54, 1.807) is 0 Å². The smallest absolute Gasteiger partial charge is 0.236 e. The van der Waals surface area contributed by atoms with Gasteiger partial charge >= 0.3 is 0 Å². The highest BCUT2D eigenvalue weighted by atomic mass is 16.5. The van der Waals surface area contributed by atoms with E-state index in [4.69, 9.17) is 14.5 Å². The van der Waals surface area contributed by atoms with Gasteiger partial charge in [0.05, 0.1) is 12.6 Å². The van der Waals surface area contributed by atoms with E-state index in [-0.39, 0.29) is 0 Å². The van der Waals surface area contributed by atoms with Crippen molar-refractivity contribution in [3.63, 3.8) is 0 Å². The summed E-state index contributed by atoms with van der Waals surface area (Å²) in [7, 11) is 0. The van der Waals surface area contributed by atoms with Gasteiger partial charge in [0, 0.05) is 72.2 Å². The largest absolute Gasteiger partial charge is 0.381 e. The van der Waals surface area contributed by atoms with Gasteiger partial charge in [0.2, 0.25) is 5.91 Å². The molecule has 29 heavy (non-hydrogen) atoms. The number of nitrogens with zero attached hydrogens (tertiary/aromatic N) is 4. The number of carbonyl (C=O) groups excluding carboxylic acids is 1. The van der Waals surface area contributed by atoms with Crippen LogP contribution in [0.4, 0.5) is 0 Å². The molecule has 1 amide bonds. The second-order valence-electron chi connectivity index (χ2n) is 8.12. The fourth-order valence-corrected chi connectivity index (χ4v) is 4.14. The SMILES string of the molecule is CCNC(=NCCCOC1CCOCC1)N1CCN(CC(=O)N2CCCC2)CC1. The molecular formula is C21H39N5O3. The first-order chi connectivity index (χ1) is 14.3. The Morgan fingerprint density at radius 3 is 2.48 bits per heavy atom. The molecule has 3 aliphatic rings. The Balaban J connectivity index is 1.35. The molecule has 3 heterocycles. The first kappa shape index (κ1) is 22.3. The minimum Gasteiger partial charge on any atom is -0.381 e. The van der Waals surface area contributed by atoms with Crippen LogP contribution in [0.25, 0.3) is 0 Å². The van der Waals surface area contributed by atoms with Gasteiger partial charge in [-0.1, -0.05) is 0 Å². The van der Waals surface area contributed by atoms with E-state index >= 15 is 0 Å². The molecule has 3 aliphatic heterocycles. The number of hydrogen-bond donors (Lipinski definition) is 1. The summed E-state index contributed by atoms with van der Waals surface area (Å²) in [6.45, 7) is 12.3. The lowest BCUT2D eigenvalue weighted by Crippen LogP contribution is -2.54. The van der Waals surface area contributed by atoms with Crippen molar-refractivity contribution in [1.29, 1.82) is 0 Å². The Morgan fingerprint density at radius 1 is 1.07 bits per heavy atom. The van der Waals surface area contributed by atoms with Gasteiger partial charge in [0.1, 0.15) is 0 Å². The summed E-state index contributed by atoms with van der Waals surface area (Å²) in [5.74, 6) is 1.28. The zero-order valence-electron chi connectivity index (χ0n) is 18.1. The molecule has 1 N–H and O–H groups in total. The van der Waals surface area contributed by atoms with Crippen molar-refractivity contribution < 1.29 is 14.3 Å². The van der Waals surface area contributed by atoms with E-state index in [0.717, 1.165) is 110 Å². The predicted molar refractivity (Wildman–Crippen MR) is 114 cm³/mol. The van der Waals surface area contributed by atoms with E-state index < -0.39 is 0 Å². The number of likely N-dealkylation sites (tertiary alicyclic amines) is 1. The maximum atomic E-state index is 12.4. The van der Waals surface area contributed by atoms with Crippen LogP contribution in [-0.2, 0) is 14.3 Å². The minimum atomic E-state index is 0.293. The quantitative estimate of drug-likeness (QED) is 0.363. The Hall–Kier alpha value is -1.38. The van der Waals surface area contributed by atoms with Gasteiger partial charge in [-0.05, 0) is 39.0 Å². The number of carbonyl (C=O) groups is 1. The Bertz CT molecular complexity index is 510. The molecule has 3 saturated heterocycles. The van der Waals surface area contributed by atoms with Crippen LogP contribution in [0.5, 0.6) is 0 Å². The van der Waals surface area contributed by atoms with E-state index in [1.165, 1.54) is 0 Å². The molecule has 8 heteroatoms. The van der Waals surface area contributed by atoms with Crippen LogP contribution >= 0.6 is 0 Å². The number of amides is 1. The van der Waals surface area contributed by atoms with Crippen molar-refractivity contribution in [3.8, 4) is 0 Å². The lowest BCUT2D eigenvalue weighted by atomic mass is 10.1. The molecule has 0 saturated carbocycles. The summed E-state index contributed by atoms with van der Waals surface area (Å²) in [6.07, 6.45) is 5.63. The molecule has 3 fully saturated rings. The van der Waals surface area contributed by atoms with Crippen LogP contribution in [0.15, 0.2) is 4.99 Å². The van der Waals surface area contributed by atoms with Crippen LogP contribution in [0.1, 0.15) is 39.0 Å². The highest BCUT2D eigenvalue weighted by Gasteiger charge is 2.24. The monoisotopic (exact) mass is 409 g/mol. The van der Waals surface area contributed by atoms with Crippen molar-refractivity contribution in [2.24, 2.45) is 4.99 Å². The summed E-state index contributed by atoms with van der Waals surface area (Å²) >= 11 is 0. The van der Waals surface area contributed by atoms with Crippen LogP contribution in [-0.4, -0.2) is 111 Å². The number of aliphatic imine (C=N–C) groups is 1. The van der Waals surface area contributed by atoms with Crippen molar-refractivity contribution in [2.75, 3.05) is 78.7 Å². The van der Waals surface area contributed by atoms with Gasteiger partial charge in [-0.3, -0.25) is 14.7 Å². The van der Waals surface area contributed by atoms with Gasteiger partial charge in [0.15, 0.2) is 5.96 Å². The molecule has 0 aliphatic carbocycles. The van der Waals surface area contributed by atoms with E-state index in [2.05, 4.69) is 22.0 Å². The highest BCUT2D eigenvalue weighted by molar-refractivity contribution is 5.80. The second-order valence-corrected chi connectivity index (χ2v) is 8.12. The molecule has 3 rings (SSSR count). The average molecular weight is 410 g/mol. The van der Waals surface area contributed by atoms with E-state index in [1.807, 2.05) is 4.90 Å². The number of guanidine groups is 1. The van der Waals surface area contributed by atoms with Gasteiger partial charge in [-0.2, -0.15) is 0 Å². The number of rotatable bonds is 8. The van der Waals surface area contributed by atoms with Crippen LogP contribution in [0.2, 0.25) is 0 Å². The third-order valence-electron chi connectivity index (χ3n) is 5.91. The summed E-state index contributed by atoms with van der Waals surface area (Å²) in [5.41, 5.74) is 0. The molecule has 8 nitrogen and oxygen atoms in total. The molecule has 0 spiro atoms. The number of nitrogens with one attached hydrogen (secondary N) is 1. The zero-order chi connectivity index (χ0) is 20.3. The number of hydrogen-bond acceptors (Lipinski definition) is 5. The van der Waals surface area contributed by atoms with Gasteiger partial charge in [-0.25, -0.2) is 0 Å². The van der Waals surface area contributed by atoms with E-state index in [9.17, 15) is 4.79 Å². The maximum Gasteiger partial charge on any atom is 0.236 e. The topological polar surface area (TPSA) is 69.6 Å². The summed E-state index contributed by atoms with van der Waals surface area (Å²) in [5, 5.41) is 3.42. The second kappa shape index (κ2) is 12.3. The van der Waals surface area contributed by atoms with Crippen LogP contribution < -0.4 is 5.32 Å². The van der Waals surface area contributed by atoms with Gasteiger partial charge < -0.3 is 24.6 Å².